The van der Waals surface area contributed by atoms with Gasteiger partial charge in [0.2, 0.25) is 0 Å². The minimum atomic E-state index is -0.178. The van der Waals surface area contributed by atoms with Crippen LogP contribution in [0.4, 0.5) is 0 Å². The molecule has 0 saturated carbocycles. The summed E-state index contributed by atoms with van der Waals surface area (Å²) in [5.41, 5.74) is 2.01. The van der Waals surface area contributed by atoms with Gasteiger partial charge in [-0.1, -0.05) is 35.9 Å². The summed E-state index contributed by atoms with van der Waals surface area (Å²) in [5, 5.41) is 0. The van der Waals surface area contributed by atoms with Crippen LogP contribution in [0.1, 0.15) is 18.9 Å². The van der Waals surface area contributed by atoms with Crippen molar-refractivity contribution < 1.29 is 9.53 Å². The van der Waals surface area contributed by atoms with Gasteiger partial charge in [0.25, 0.3) is 0 Å². The lowest BCUT2D eigenvalue weighted by molar-refractivity contribution is -0.142. The molecule has 80 valence electrons. The number of benzene rings is 1. The van der Waals surface area contributed by atoms with Crippen LogP contribution < -0.4 is 0 Å². The summed E-state index contributed by atoms with van der Waals surface area (Å²) < 4.78 is 5.06. The predicted octanol–water partition coefficient (Wildman–Crippen LogP) is 2.74. The molecule has 0 amide bonds. The lowest BCUT2D eigenvalue weighted by Gasteiger charge is -2.04. The minimum absolute atomic E-state index is 0.178. The molecule has 0 heterocycles. The summed E-state index contributed by atoms with van der Waals surface area (Å²) in [6.07, 6.45) is 1.08. The molecule has 0 aliphatic rings. The average molecular weight is 204 g/mol. The van der Waals surface area contributed by atoms with Gasteiger partial charge >= 0.3 is 5.97 Å². The standard InChI is InChI=1S/C13H16O2/c1-11(2)8-9-15-13(14)10-12-6-4-3-5-7-12/h3-7H,1,8-10H2,2H3. The maximum absolute atomic E-state index is 11.3. The zero-order chi connectivity index (χ0) is 11.1. The van der Waals surface area contributed by atoms with Crippen molar-refractivity contribution >= 4 is 5.97 Å². The summed E-state index contributed by atoms with van der Waals surface area (Å²) in [6.45, 7) is 6.10. The van der Waals surface area contributed by atoms with E-state index in [9.17, 15) is 4.79 Å². The smallest absolute Gasteiger partial charge is 0.310 e. The third-order valence-electron chi connectivity index (χ3n) is 1.98. The molecule has 0 aromatic heterocycles. The van der Waals surface area contributed by atoms with Crippen LogP contribution in [0.2, 0.25) is 0 Å². The number of esters is 1. The first-order valence-electron chi connectivity index (χ1n) is 5.02. The largest absolute Gasteiger partial charge is 0.465 e. The zero-order valence-corrected chi connectivity index (χ0v) is 9.03. The SMILES string of the molecule is C=C(C)CCOC(=O)Cc1ccccc1. The lowest BCUT2D eigenvalue weighted by atomic mass is 10.2. The molecule has 0 radical (unpaired) electrons. The van der Waals surface area contributed by atoms with E-state index in [1.54, 1.807) is 0 Å². The molecule has 0 atom stereocenters. The highest BCUT2D eigenvalue weighted by Gasteiger charge is 2.03. The van der Waals surface area contributed by atoms with Crippen molar-refractivity contribution in [3.05, 3.63) is 48.0 Å². The van der Waals surface area contributed by atoms with Gasteiger partial charge in [-0.3, -0.25) is 4.79 Å². The second-order valence-electron chi connectivity index (χ2n) is 3.59. The lowest BCUT2D eigenvalue weighted by Crippen LogP contribution is -2.09. The Bertz CT molecular complexity index is 328. The molecule has 1 aromatic rings. The topological polar surface area (TPSA) is 26.3 Å². The zero-order valence-electron chi connectivity index (χ0n) is 9.03. The monoisotopic (exact) mass is 204 g/mol. The van der Waals surface area contributed by atoms with Crippen LogP contribution in [0, 0.1) is 0 Å². The van der Waals surface area contributed by atoms with E-state index in [0.717, 1.165) is 17.6 Å². The molecule has 1 rings (SSSR count). The molecule has 0 bridgehead atoms. The van der Waals surface area contributed by atoms with E-state index in [-0.39, 0.29) is 5.97 Å². The fraction of sp³-hybridized carbons (Fsp3) is 0.308. The number of hydrogen-bond acceptors (Lipinski definition) is 2. The number of rotatable bonds is 5. The average Bonchev–Trinajstić information content (AvgIpc) is 2.18. The van der Waals surface area contributed by atoms with E-state index in [4.69, 9.17) is 4.74 Å². The summed E-state index contributed by atoms with van der Waals surface area (Å²) in [7, 11) is 0. The number of carbonyl (C=O) groups excluding carboxylic acids is 1. The number of ether oxygens (including phenoxy) is 1. The molecule has 2 heteroatoms. The fourth-order valence-corrected chi connectivity index (χ4v) is 1.15. The Morgan fingerprint density at radius 1 is 1.33 bits per heavy atom. The van der Waals surface area contributed by atoms with Crippen molar-refractivity contribution in [3.63, 3.8) is 0 Å². The van der Waals surface area contributed by atoms with E-state index in [0.29, 0.717) is 13.0 Å². The van der Waals surface area contributed by atoms with Crippen molar-refractivity contribution in [1.82, 2.24) is 0 Å². The summed E-state index contributed by atoms with van der Waals surface area (Å²) in [5.74, 6) is -0.178. The van der Waals surface area contributed by atoms with Crippen LogP contribution in [0.25, 0.3) is 0 Å². The molecule has 0 unspecified atom stereocenters. The predicted molar refractivity (Wildman–Crippen MR) is 60.5 cm³/mol. The van der Waals surface area contributed by atoms with Gasteiger partial charge in [-0.2, -0.15) is 0 Å². The van der Waals surface area contributed by atoms with Crippen LogP contribution in [-0.4, -0.2) is 12.6 Å². The van der Waals surface area contributed by atoms with Gasteiger partial charge in [-0.25, -0.2) is 0 Å². The maximum atomic E-state index is 11.3. The van der Waals surface area contributed by atoms with E-state index in [2.05, 4.69) is 6.58 Å². The van der Waals surface area contributed by atoms with Crippen molar-refractivity contribution in [2.24, 2.45) is 0 Å². The van der Waals surface area contributed by atoms with E-state index in [1.807, 2.05) is 37.3 Å². The summed E-state index contributed by atoms with van der Waals surface area (Å²) in [4.78, 5) is 11.3. The van der Waals surface area contributed by atoms with Gasteiger partial charge in [0.1, 0.15) is 0 Å². The second kappa shape index (κ2) is 6.02. The highest BCUT2D eigenvalue weighted by atomic mass is 16.5. The molecule has 0 saturated heterocycles. The molecular weight excluding hydrogens is 188 g/mol. The molecule has 0 N–H and O–H groups in total. The molecule has 0 aliphatic carbocycles. The molecule has 0 spiro atoms. The molecular formula is C13H16O2. The van der Waals surface area contributed by atoms with Crippen molar-refractivity contribution in [1.29, 1.82) is 0 Å². The fourth-order valence-electron chi connectivity index (χ4n) is 1.15. The minimum Gasteiger partial charge on any atom is -0.465 e. The first-order valence-corrected chi connectivity index (χ1v) is 5.02. The molecule has 2 nitrogen and oxygen atoms in total. The summed E-state index contributed by atoms with van der Waals surface area (Å²) >= 11 is 0. The highest BCUT2D eigenvalue weighted by molar-refractivity contribution is 5.72. The number of hydrogen-bond donors (Lipinski definition) is 0. The Labute approximate surface area is 90.6 Å². The second-order valence-corrected chi connectivity index (χ2v) is 3.59. The quantitative estimate of drug-likeness (QED) is 0.544. The van der Waals surface area contributed by atoms with Crippen molar-refractivity contribution in [2.45, 2.75) is 19.8 Å². The molecule has 15 heavy (non-hydrogen) atoms. The van der Waals surface area contributed by atoms with Crippen molar-refractivity contribution in [3.8, 4) is 0 Å². The first kappa shape index (κ1) is 11.5. The van der Waals surface area contributed by atoms with E-state index >= 15 is 0 Å². The van der Waals surface area contributed by atoms with E-state index < -0.39 is 0 Å². The Morgan fingerprint density at radius 2 is 2.00 bits per heavy atom. The Morgan fingerprint density at radius 3 is 2.60 bits per heavy atom. The highest BCUT2D eigenvalue weighted by Crippen LogP contribution is 2.02. The molecule has 1 aromatic carbocycles. The van der Waals surface area contributed by atoms with Crippen molar-refractivity contribution in [2.75, 3.05) is 6.61 Å². The Balaban J connectivity index is 2.28. The Kier molecular flexibility index (Phi) is 4.61. The van der Waals surface area contributed by atoms with Gasteiger partial charge in [0, 0.05) is 6.42 Å². The van der Waals surface area contributed by atoms with Gasteiger partial charge in [-0.15, -0.1) is 6.58 Å². The van der Waals surface area contributed by atoms with Crippen LogP contribution >= 0.6 is 0 Å². The number of carbonyl (C=O) groups is 1. The van der Waals surface area contributed by atoms with Gasteiger partial charge < -0.3 is 4.74 Å². The van der Waals surface area contributed by atoms with Gasteiger partial charge in [-0.05, 0) is 12.5 Å². The third kappa shape index (κ3) is 5.01. The normalized spacial score (nSPS) is 9.67. The molecule has 0 aliphatic heterocycles. The van der Waals surface area contributed by atoms with Crippen LogP contribution in [0.15, 0.2) is 42.5 Å². The summed E-state index contributed by atoms with van der Waals surface area (Å²) in [6, 6.07) is 9.59. The van der Waals surface area contributed by atoms with E-state index in [1.165, 1.54) is 0 Å². The van der Waals surface area contributed by atoms with Gasteiger partial charge in [0.15, 0.2) is 0 Å². The van der Waals surface area contributed by atoms with Crippen LogP contribution in [-0.2, 0) is 16.0 Å². The first-order chi connectivity index (χ1) is 7.18. The van der Waals surface area contributed by atoms with Gasteiger partial charge in [0.05, 0.1) is 13.0 Å². The molecule has 0 fully saturated rings. The van der Waals surface area contributed by atoms with Crippen LogP contribution in [0.5, 0.6) is 0 Å². The third-order valence-corrected chi connectivity index (χ3v) is 1.98. The Hall–Kier alpha value is -1.57. The van der Waals surface area contributed by atoms with Crippen LogP contribution in [0.3, 0.4) is 0 Å². The maximum Gasteiger partial charge on any atom is 0.310 e.